The monoisotopic (exact) mass is 662 g/mol. The van der Waals surface area contributed by atoms with Crippen LogP contribution in [0, 0.1) is 0 Å². The second-order valence-electron chi connectivity index (χ2n) is 14.5. The molecule has 0 unspecified atom stereocenters. The van der Waals surface area contributed by atoms with Crippen LogP contribution in [0.3, 0.4) is 0 Å². The van der Waals surface area contributed by atoms with Crippen molar-refractivity contribution in [2.24, 2.45) is 0 Å². The van der Waals surface area contributed by atoms with Crippen molar-refractivity contribution in [2.45, 2.75) is 96.2 Å². The van der Waals surface area contributed by atoms with E-state index in [1.807, 2.05) is 48.5 Å². The topological polar surface area (TPSA) is 88.4 Å². The molecule has 0 radical (unpaired) electrons. The van der Waals surface area contributed by atoms with Gasteiger partial charge < -0.3 is 28.9 Å². The molecule has 3 N–H and O–H groups in total. The van der Waals surface area contributed by atoms with E-state index >= 15 is 0 Å². The first-order chi connectivity index (χ1) is 21.7. The van der Waals surface area contributed by atoms with Crippen LogP contribution in [0.15, 0.2) is 83.9 Å². The lowest BCUT2D eigenvalue weighted by Crippen LogP contribution is -2.67. The highest BCUT2D eigenvalue weighted by atomic mass is 28.4. The molecule has 3 aromatic rings. The third-order valence-corrected chi connectivity index (χ3v) is 21.0. The Balaban J connectivity index is 2.09. The minimum atomic E-state index is -3.15. The Labute approximate surface area is 278 Å². The Bertz CT molecular complexity index is 1430. The number of fused-ring (bicyclic) bond motifs is 1. The average Bonchev–Trinajstić information content (AvgIpc) is 3.02. The molecule has 1 aliphatic carbocycles. The van der Waals surface area contributed by atoms with Crippen LogP contribution in [0.1, 0.15) is 85.6 Å². The zero-order chi connectivity index (χ0) is 34.0. The normalized spacial score (nSPS) is 17.6. The van der Waals surface area contributed by atoms with Gasteiger partial charge in [-0.1, -0.05) is 123 Å². The molecule has 0 amide bonds. The van der Waals surface area contributed by atoms with E-state index < -0.39 is 35.4 Å². The lowest BCUT2D eigenvalue weighted by Gasteiger charge is -2.48. The zero-order valence-corrected chi connectivity index (χ0v) is 31.3. The van der Waals surface area contributed by atoms with E-state index in [9.17, 15) is 15.3 Å². The zero-order valence-electron chi connectivity index (χ0n) is 29.3. The molecule has 250 valence electrons. The number of hydrogen-bond donors (Lipinski definition) is 3. The predicted octanol–water partition coefficient (Wildman–Crippen LogP) is 7.20. The van der Waals surface area contributed by atoms with Gasteiger partial charge in [-0.25, -0.2) is 0 Å². The molecular formula is C38H54O6Si2. The van der Waals surface area contributed by atoms with E-state index in [1.54, 1.807) is 7.11 Å². The van der Waals surface area contributed by atoms with Crippen molar-refractivity contribution in [3.05, 3.63) is 95.1 Å². The highest BCUT2D eigenvalue weighted by molar-refractivity contribution is 6.99. The van der Waals surface area contributed by atoms with Gasteiger partial charge in [0.1, 0.15) is 17.6 Å². The van der Waals surface area contributed by atoms with Crippen LogP contribution in [-0.2, 0) is 4.43 Å². The van der Waals surface area contributed by atoms with Crippen molar-refractivity contribution >= 4 is 27.0 Å². The van der Waals surface area contributed by atoms with Crippen molar-refractivity contribution in [3.63, 3.8) is 0 Å². The molecular weight excluding hydrogens is 609 g/mol. The van der Waals surface area contributed by atoms with E-state index in [0.717, 1.165) is 10.4 Å². The maximum atomic E-state index is 12.0. The Kier molecular flexibility index (Phi) is 11.1. The Morgan fingerprint density at radius 2 is 1.22 bits per heavy atom. The first-order valence-electron chi connectivity index (χ1n) is 16.5. The van der Waals surface area contributed by atoms with Crippen molar-refractivity contribution in [3.8, 4) is 11.5 Å². The summed E-state index contributed by atoms with van der Waals surface area (Å²) in [5.74, 6) is 1.14. The van der Waals surface area contributed by atoms with Gasteiger partial charge in [-0.05, 0) is 54.8 Å². The second kappa shape index (κ2) is 14.2. The standard InChI is InChI=1S/C38H54O6Si2/c1-25(2)45(26(3)4,27(5)6)43-34-22-28(42-10)21-31-35(34)36(41)32(23-39)33(24-40)37(31)44-46(38(7,8)9,29-17-13-11-14-18-29)30-19-15-12-16-20-30/h11-22,25-27,36-37,39-41H,23-24H2,1-10H3/t36-,37+/m0/s1. The van der Waals surface area contributed by atoms with Crippen molar-refractivity contribution in [1.29, 1.82) is 0 Å². The van der Waals surface area contributed by atoms with Crippen LogP contribution >= 0.6 is 0 Å². The van der Waals surface area contributed by atoms with Gasteiger partial charge in [0.05, 0.1) is 26.4 Å². The van der Waals surface area contributed by atoms with Crippen molar-refractivity contribution in [2.75, 3.05) is 20.3 Å². The van der Waals surface area contributed by atoms with Crippen molar-refractivity contribution in [1.82, 2.24) is 0 Å². The third-order valence-electron chi connectivity index (χ3n) is 10.0. The summed E-state index contributed by atoms with van der Waals surface area (Å²) in [7, 11) is -4.01. The fourth-order valence-corrected chi connectivity index (χ4v) is 17.9. The van der Waals surface area contributed by atoms with Gasteiger partial charge >= 0.3 is 0 Å². The molecule has 46 heavy (non-hydrogen) atoms. The minimum Gasteiger partial charge on any atom is -0.542 e. The molecule has 1 aliphatic rings. The van der Waals surface area contributed by atoms with Crippen LogP contribution < -0.4 is 19.5 Å². The van der Waals surface area contributed by atoms with E-state index in [4.69, 9.17) is 13.6 Å². The van der Waals surface area contributed by atoms with Gasteiger partial charge in [0.25, 0.3) is 16.6 Å². The van der Waals surface area contributed by atoms with Crippen LogP contribution in [0.4, 0.5) is 0 Å². The molecule has 0 aliphatic heterocycles. The van der Waals surface area contributed by atoms with E-state index in [2.05, 4.69) is 86.6 Å². The third kappa shape index (κ3) is 6.16. The number of aliphatic hydroxyl groups is 3. The van der Waals surface area contributed by atoms with Gasteiger partial charge in [0.2, 0.25) is 0 Å². The lowest BCUT2D eigenvalue weighted by molar-refractivity contribution is 0.143. The highest BCUT2D eigenvalue weighted by Crippen LogP contribution is 2.52. The Morgan fingerprint density at radius 1 is 0.739 bits per heavy atom. The molecule has 0 bridgehead atoms. The number of aliphatic hydroxyl groups excluding tert-OH is 3. The molecule has 0 fully saturated rings. The molecule has 6 nitrogen and oxygen atoms in total. The fraction of sp³-hybridized carbons (Fsp3) is 0.474. The summed E-state index contributed by atoms with van der Waals surface area (Å²) in [6, 6.07) is 24.5. The molecule has 0 saturated carbocycles. The second-order valence-corrected chi connectivity index (χ2v) is 24.1. The smallest absolute Gasteiger partial charge is 0.262 e. The number of benzene rings is 3. The van der Waals surface area contributed by atoms with Crippen LogP contribution in [0.25, 0.3) is 0 Å². The van der Waals surface area contributed by atoms with E-state index in [1.165, 1.54) is 0 Å². The molecule has 4 rings (SSSR count). The SMILES string of the molecule is COc1cc(O[Si](C(C)C)(C(C)C)C(C)C)c2c(c1)[C@@H](O[Si](c1ccccc1)(c1ccccc1)C(C)(C)C)C(CO)=C(CO)[C@@H]2O. The molecule has 0 spiro atoms. The van der Waals surface area contributed by atoms with Gasteiger partial charge in [0.15, 0.2) is 0 Å². The maximum Gasteiger partial charge on any atom is 0.262 e. The summed E-state index contributed by atoms with van der Waals surface area (Å²) < 4.78 is 20.8. The Morgan fingerprint density at radius 3 is 1.61 bits per heavy atom. The number of ether oxygens (including phenoxy) is 1. The summed E-state index contributed by atoms with van der Waals surface area (Å²) in [5.41, 5.74) is 2.95. The molecule has 0 aromatic heterocycles. The summed E-state index contributed by atoms with van der Waals surface area (Å²) >= 11 is 0. The molecule has 2 atom stereocenters. The summed E-state index contributed by atoms with van der Waals surface area (Å²) in [4.78, 5) is 0. The molecule has 0 heterocycles. The molecule has 0 saturated heterocycles. The van der Waals surface area contributed by atoms with Crippen LogP contribution in [0.2, 0.25) is 21.7 Å². The first-order valence-corrected chi connectivity index (χ1v) is 20.6. The van der Waals surface area contributed by atoms with Crippen LogP contribution in [-0.4, -0.2) is 52.3 Å². The largest absolute Gasteiger partial charge is 0.542 e. The first kappa shape index (κ1) is 36.1. The fourth-order valence-electron chi connectivity index (χ4n) is 7.96. The number of rotatable bonds is 12. The average molecular weight is 663 g/mol. The van der Waals surface area contributed by atoms with Gasteiger partial charge in [-0.2, -0.15) is 0 Å². The quantitative estimate of drug-likeness (QED) is 0.141. The maximum absolute atomic E-state index is 12.0. The van der Waals surface area contributed by atoms with E-state index in [0.29, 0.717) is 50.4 Å². The van der Waals surface area contributed by atoms with Gasteiger partial charge in [-0.15, -0.1) is 0 Å². The summed E-state index contributed by atoms with van der Waals surface area (Å²) in [5, 5.41) is 35.6. The number of hydrogen-bond acceptors (Lipinski definition) is 6. The van der Waals surface area contributed by atoms with Gasteiger partial charge in [-0.3, -0.25) is 0 Å². The van der Waals surface area contributed by atoms with Gasteiger partial charge in [0, 0.05) is 11.6 Å². The summed E-state index contributed by atoms with van der Waals surface area (Å²) in [6.07, 6.45) is -1.96. The predicted molar refractivity (Wildman–Crippen MR) is 192 cm³/mol. The molecule has 8 heteroatoms. The summed E-state index contributed by atoms with van der Waals surface area (Å²) in [6.45, 7) is 19.2. The number of methoxy groups -OCH3 is 1. The van der Waals surface area contributed by atoms with Crippen LogP contribution in [0.5, 0.6) is 11.5 Å². The van der Waals surface area contributed by atoms with E-state index in [-0.39, 0.29) is 11.6 Å². The highest BCUT2D eigenvalue weighted by Gasteiger charge is 2.54. The minimum absolute atomic E-state index is 0.292. The lowest BCUT2D eigenvalue weighted by atomic mass is 9.81. The van der Waals surface area contributed by atoms with Crippen molar-refractivity contribution < 1.29 is 28.9 Å². The molecule has 3 aromatic carbocycles. The Hall–Kier alpha value is -2.73.